The smallest absolute Gasteiger partial charge is 0.270 e. The Kier molecular flexibility index (Phi) is 4.26. The number of aromatic amines is 1. The van der Waals surface area contributed by atoms with Crippen LogP contribution in [0.1, 0.15) is 19.8 Å². The second-order valence-electron chi connectivity index (χ2n) is 2.72. The van der Waals surface area contributed by atoms with E-state index in [1.807, 2.05) is 6.92 Å². The van der Waals surface area contributed by atoms with E-state index in [0.29, 0.717) is 23.9 Å². The first-order chi connectivity index (χ1) is 6.79. The largest absolute Gasteiger partial charge is 0.343 e. The van der Waals surface area contributed by atoms with Crippen LogP contribution in [0.25, 0.3) is 0 Å². The average molecular weight is 212 g/mol. The van der Waals surface area contributed by atoms with Gasteiger partial charge in [-0.25, -0.2) is 9.89 Å². The van der Waals surface area contributed by atoms with E-state index in [1.54, 1.807) is 4.57 Å². The quantitative estimate of drug-likeness (QED) is 0.583. The fourth-order valence-electron chi connectivity index (χ4n) is 1.02. The van der Waals surface area contributed by atoms with Gasteiger partial charge < -0.3 is 0 Å². The second-order valence-corrected chi connectivity index (χ2v) is 3.78. The van der Waals surface area contributed by atoms with Gasteiger partial charge in [0.2, 0.25) is 0 Å². The second kappa shape index (κ2) is 5.50. The Morgan fingerprint density at radius 1 is 1.71 bits per heavy atom. The van der Waals surface area contributed by atoms with Gasteiger partial charge in [0.15, 0.2) is 5.16 Å². The lowest BCUT2D eigenvalue weighted by Crippen LogP contribution is -2.17. The van der Waals surface area contributed by atoms with Crippen molar-refractivity contribution in [2.45, 2.75) is 31.5 Å². The van der Waals surface area contributed by atoms with Gasteiger partial charge in [-0.2, -0.15) is 5.26 Å². The fourth-order valence-corrected chi connectivity index (χ4v) is 1.84. The highest BCUT2D eigenvalue weighted by Crippen LogP contribution is 2.13. The van der Waals surface area contributed by atoms with Crippen LogP contribution in [0.5, 0.6) is 0 Å². The van der Waals surface area contributed by atoms with Crippen LogP contribution in [-0.2, 0) is 6.54 Å². The van der Waals surface area contributed by atoms with Gasteiger partial charge in [0.25, 0.3) is 0 Å². The number of rotatable bonds is 5. The lowest BCUT2D eigenvalue weighted by molar-refractivity contribution is 0.604. The molecule has 0 aliphatic carbocycles. The van der Waals surface area contributed by atoms with E-state index in [9.17, 15) is 4.79 Å². The Balaban J connectivity index is 2.67. The van der Waals surface area contributed by atoms with Gasteiger partial charge in [0.05, 0.1) is 6.07 Å². The summed E-state index contributed by atoms with van der Waals surface area (Å²) in [5.41, 5.74) is -0.175. The van der Waals surface area contributed by atoms with Gasteiger partial charge in [0, 0.05) is 18.7 Å². The van der Waals surface area contributed by atoms with Crippen LogP contribution in [0.3, 0.4) is 0 Å². The molecule has 1 aromatic heterocycles. The molecule has 0 amide bonds. The zero-order chi connectivity index (χ0) is 10.4. The molecule has 0 aliphatic heterocycles. The normalized spacial score (nSPS) is 10.0. The Bertz CT molecular complexity index is 375. The third-order valence-corrected chi connectivity index (χ3v) is 2.59. The SMILES string of the molecule is CCCn1c(SCCC#N)n[nH]c1=O. The number of nitrogens with zero attached hydrogens (tertiary/aromatic N) is 3. The molecule has 6 heteroatoms. The van der Waals surface area contributed by atoms with Gasteiger partial charge >= 0.3 is 5.69 Å². The van der Waals surface area contributed by atoms with Crippen molar-refractivity contribution in [2.24, 2.45) is 0 Å². The Hall–Kier alpha value is -1.22. The zero-order valence-corrected chi connectivity index (χ0v) is 8.80. The molecule has 5 nitrogen and oxygen atoms in total. The number of hydrogen-bond acceptors (Lipinski definition) is 4. The van der Waals surface area contributed by atoms with Crippen LogP contribution in [0.4, 0.5) is 0 Å². The predicted octanol–water partition coefficient (Wildman–Crippen LogP) is 0.987. The van der Waals surface area contributed by atoms with E-state index < -0.39 is 0 Å². The molecule has 0 unspecified atom stereocenters. The van der Waals surface area contributed by atoms with Crippen molar-refractivity contribution in [3.05, 3.63) is 10.5 Å². The third-order valence-electron chi connectivity index (χ3n) is 1.62. The lowest BCUT2D eigenvalue weighted by atomic mass is 10.5. The average Bonchev–Trinajstić information content (AvgIpc) is 2.51. The highest BCUT2D eigenvalue weighted by molar-refractivity contribution is 7.99. The predicted molar refractivity (Wildman–Crippen MR) is 54.1 cm³/mol. The molecule has 14 heavy (non-hydrogen) atoms. The molecule has 0 aromatic carbocycles. The Morgan fingerprint density at radius 3 is 3.14 bits per heavy atom. The van der Waals surface area contributed by atoms with Crippen molar-refractivity contribution in [3.8, 4) is 6.07 Å². The molecule has 0 aliphatic rings. The van der Waals surface area contributed by atoms with Crippen LogP contribution in [0, 0.1) is 11.3 Å². The summed E-state index contributed by atoms with van der Waals surface area (Å²) in [5.74, 6) is 0.671. The van der Waals surface area contributed by atoms with Gasteiger partial charge in [-0.05, 0) is 6.42 Å². The lowest BCUT2D eigenvalue weighted by Gasteiger charge is -2.00. The highest BCUT2D eigenvalue weighted by Gasteiger charge is 2.06. The van der Waals surface area contributed by atoms with Crippen molar-refractivity contribution >= 4 is 11.8 Å². The monoisotopic (exact) mass is 212 g/mol. The van der Waals surface area contributed by atoms with Crippen molar-refractivity contribution in [1.82, 2.24) is 14.8 Å². The van der Waals surface area contributed by atoms with E-state index in [-0.39, 0.29) is 5.69 Å². The fraction of sp³-hybridized carbons (Fsp3) is 0.625. The van der Waals surface area contributed by atoms with Crippen LogP contribution < -0.4 is 5.69 Å². The summed E-state index contributed by atoms with van der Waals surface area (Å²) < 4.78 is 1.60. The zero-order valence-electron chi connectivity index (χ0n) is 7.99. The van der Waals surface area contributed by atoms with E-state index >= 15 is 0 Å². The molecule has 0 saturated heterocycles. The summed E-state index contributed by atoms with van der Waals surface area (Å²) in [6, 6.07) is 2.05. The first-order valence-electron chi connectivity index (χ1n) is 4.44. The summed E-state index contributed by atoms with van der Waals surface area (Å²) in [6.45, 7) is 2.67. The van der Waals surface area contributed by atoms with Crippen LogP contribution in [-0.4, -0.2) is 20.5 Å². The summed E-state index contributed by atoms with van der Waals surface area (Å²) in [4.78, 5) is 11.2. The van der Waals surface area contributed by atoms with Gasteiger partial charge in [-0.15, -0.1) is 5.10 Å². The minimum atomic E-state index is -0.175. The molecule has 0 saturated carbocycles. The molecule has 0 atom stereocenters. The van der Waals surface area contributed by atoms with Crippen LogP contribution in [0.15, 0.2) is 9.95 Å². The maximum absolute atomic E-state index is 11.2. The molecule has 0 spiro atoms. The standard InChI is InChI=1S/C8H12N4OS/c1-2-5-12-7(13)10-11-8(12)14-6-3-4-9/h2-3,5-6H2,1H3,(H,10,13). The Labute approximate surface area is 86.1 Å². The van der Waals surface area contributed by atoms with E-state index in [2.05, 4.69) is 16.3 Å². The maximum Gasteiger partial charge on any atom is 0.343 e. The number of aromatic nitrogens is 3. The molecule has 0 fully saturated rings. The van der Waals surface area contributed by atoms with Crippen molar-refractivity contribution in [1.29, 1.82) is 5.26 Å². The van der Waals surface area contributed by atoms with E-state index in [0.717, 1.165) is 6.42 Å². The molecule has 0 bridgehead atoms. The molecule has 1 rings (SSSR count). The molecular weight excluding hydrogens is 200 g/mol. The van der Waals surface area contributed by atoms with Crippen molar-refractivity contribution in [2.75, 3.05) is 5.75 Å². The molecule has 1 N–H and O–H groups in total. The highest BCUT2D eigenvalue weighted by atomic mass is 32.2. The summed E-state index contributed by atoms with van der Waals surface area (Å²) in [6.07, 6.45) is 1.36. The molecular formula is C8H12N4OS. The number of H-pyrrole nitrogens is 1. The first kappa shape index (κ1) is 10.9. The number of nitriles is 1. The number of thioether (sulfide) groups is 1. The third kappa shape index (κ3) is 2.64. The van der Waals surface area contributed by atoms with Gasteiger partial charge in [-0.1, -0.05) is 18.7 Å². The van der Waals surface area contributed by atoms with E-state index in [4.69, 9.17) is 5.26 Å². The minimum Gasteiger partial charge on any atom is -0.270 e. The minimum absolute atomic E-state index is 0.175. The molecule has 1 aromatic rings. The first-order valence-corrected chi connectivity index (χ1v) is 5.43. The van der Waals surface area contributed by atoms with E-state index in [1.165, 1.54) is 11.8 Å². The van der Waals surface area contributed by atoms with Crippen molar-refractivity contribution in [3.63, 3.8) is 0 Å². The topological polar surface area (TPSA) is 74.5 Å². The summed E-state index contributed by atoms with van der Waals surface area (Å²) in [7, 11) is 0. The summed E-state index contributed by atoms with van der Waals surface area (Å²) in [5, 5.41) is 15.3. The maximum atomic E-state index is 11.2. The number of hydrogen-bond donors (Lipinski definition) is 1. The molecule has 0 radical (unpaired) electrons. The van der Waals surface area contributed by atoms with Crippen molar-refractivity contribution < 1.29 is 0 Å². The van der Waals surface area contributed by atoms with Crippen LogP contribution >= 0.6 is 11.8 Å². The molecule has 1 heterocycles. The molecule has 76 valence electrons. The van der Waals surface area contributed by atoms with Crippen LogP contribution in [0.2, 0.25) is 0 Å². The summed E-state index contributed by atoms with van der Waals surface area (Å²) >= 11 is 1.43. The van der Waals surface area contributed by atoms with Gasteiger partial charge in [-0.3, -0.25) is 4.57 Å². The Morgan fingerprint density at radius 2 is 2.50 bits per heavy atom. The van der Waals surface area contributed by atoms with Gasteiger partial charge in [0.1, 0.15) is 0 Å². The number of nitrogens with one attached hydrogen (secondary N) is 1.